The minimum Gasteiger partial charge on any atom is -0.393 e. The monoisotopic (exact) mass is 230 g/mol. The molecule has 3 heteroatoms. The van der Waals surface area contributed by atoms with Gasteiger partial charge in [-0.15, -0.1) is 0 Å². The summed E-state index contributed by atoms with van der Waals surface area (Å²) in [7, 11) is 0. The van der Waals surface area contributed by atoms with Crippen molar-refractivity contribution in [2.75, 3.05) is 0 Å². The molecule has 0 aromatic carbocycles. The third kappa shape index (κ3) is 0.407. The van der Waals surface area contributed by atoms with Crippen molar-refractivity contribution in [3.05, 3.63) is 0 Å². The highest BCUT2D eigenvalue weighted by atomic mass is 16.6. The van der Waals surface area contributed by atoms with Crippen molar-refractivity contribution < 1.29 is 14.3 Å². The minimum atomic E-state index is -0.200. The van der Waals surface area contributed by atoms with E-state index in [9.17, 15) is 9.59 Å². The Labute approximate surface area is 98.9 Å². The van der Waals surface area contributed by atoms with Gasteiger partial charge in [-0.05, 0) is 46.3 Å². The first-order valence-corrected chi connectivity index (χ1v) is 6.80. The maximum atomic E-state index is 11.8. The van der Waals surface area contributed by atoms with Crippen LogP contribution in [0.4, 0.5) is 0 Å². The van der Waals surface area contributed by atoms with Gasteiger partial charge in [-0.1, -0.05) is 13.8 Å². The summed E-state index contributed by atoms with van der Waals surface area (Å²) in [6.07, 6.45) is 0. The second-order valence-electron chi connectivity index (χ2n) is 7.61. The third-order valence-electron chi connectivity index (χ3n) is 8.32. The number of hydrogen-bond acceptors (Lipinski definition) is 3. The molecule has 1 aliphatic heterocycles. The number of carbonyl (C=O) groups excluding carboxylic acids is 2. The van der Waals surface area contributed by atoms with Crippen LogP contribution >= 0.6 is 0 Å². The van der Waals surface area contributed by atoms with E-state index >= 15 is 0 Å². The Morgan fingerprint density at radius 1 is 0.824 bits per heavy atom. The first-order chi connectivity index (χ1) is 8.04. The van der Waals surface area contributed by atoms with Gasteiger partial charge in [0.15, 0.2) is 0 Å². The predicted octanol–water partition coefficient (Wildman–Crippen LogP) is 1.08. The van der Waals surface area contributed by atoms with Crippen LogP contribution in [-0.2, 0) is 14.3 Å². The molecule has 0 aromatic heterocycles. The lowest BCUT2D eigenvalue weighted by Crippen LogP contribution is -3.01. The zero-order valence-corrected chi connectivity index (χ0v) is 9.84. The van der Waals surface area contributed by atoms with Gasteiger partial charge in [0.1, 0.15) is 0 Å². The molecule has 7 fully saturated rings. The summed E-state index contributed by atoms with van der Waals surface area (Å²) in [6, 6.07) is 0. The summed E-state index contributed by atoms with van der Waals surface area (Å²) >= 11 is 0. The van der Waals surface area contributed by atoms with Crippen molar-refractivity contribution in [2.24, 2.45) is 58.2 Å². The molecule has 4 unspecified atom stereocenters. The molecular formula is C14H14O3. The fourth-order valence-electron chi connectivity index (χ4n) is 8.16. The molecule has 6 saturated carbocycles. The second kappa shape index (κ2) is 1.70. The first kappa shape index (κ1) is 8.28. The van der Waals surface area contributed by atoms with E-state index in [4.69, 9.17) is 4.74 Å². The number of cyclic esters (lactones) is 2. The minimum absolute atomic E-state index is 0.0482. The maximum absolute atomic E-state index is 11.8. The summed E-state index contributed by atoms with van der Waals surface area (Å²) in [5, 5.41) is 0. The van der Waals surface area contributed by atoms with Crippen LogP contribution in [0.2, 0.25) is 0 Å². The van der Waals surface area contributed by atoms with Gasteiger partial charge >= 0.3 is 11.9 Å². The molecule has 1 saturated heterocycles. The van der Waals surface area contributed by atoms with E-state index in [1.54, 1.807) is 0 Å². The van der Waals surface area contributed by atoms with E-state index < -0.39 is 0 Å². The summed E-state index contributed by atoms with van der Waals surface area (Å²) in [4.78, 5) is 23.7. The van der Waals surface area contributed by atoms with Crippen LogP contribution in [0.1, 0.15) is 13.8 Å². The Hall–Kier alpha value is -0.860. The SMILES string of the molecule is CC12[C@@H]3C4[C@@H]1[C@@H]1C([C@H]5C(=O)OC(=O)[C@@H]45)[C@H]3C12C. The molecule has 0 N–H and O–H groups in total. The zero-order valence-electron chi connectivity index (χ0n) is 9.84. The Bertz CT molecular complexity index is 482. The molecule has 0 amide bonds. The van der Waals surface area contributed by atoms with E-state index in [2.05, 4.69) is 13.8 Å². The molecule has 3 nitrogen and oxygen atoms in total. The summed E-state index contributed by atoms with van der Waals surface area (Å²) in [5.74, 6) is 3.49. The molecule has 10 atom stereocenters. The van der Waals surface area contributed by atoms with Crippen LogP contribution in [-0.4, -0.2) is 11.9 Å². The van der Waals surface area contributed by atoms with Gasteiger partial charge in [0.05, 0.1) is 11.8 Å². The lowest BCUT2D eigenvalue weighted by molar-refractivity contribution is -0.571. The molecule has 0 radical (unpaired) electrons. The summed E-state index contributed by atoms with van der Waals surface area (Å²) < 4.78 is 4.92. The average molecular weight is 230 g/mol. The van der Waals surface area contributed by atoms with Gasteiger partial charge in [0.2, 0.25) is 0 Å². The van der Waals surface area contributed by atoms with Crippen molar-refractivity contribution in [2.45, 2.75) is 13.8 Å². The van der Waals surface area contributed by atoms with Crippen LogP contribution in [0.3, 0.4) is 0 Å². The third-order valence-corrected chi connectivity index (χ3v) is 8.32. The van der Waals surface area contributed by atoms with Gasteiger partial charge in [-0.25, -0.2) is 0 Å². The van der Waals surface area contributed by atoms with E-state index in [0.717, 1.165) is 23.7 Å². The molecule has 0 spiro atoms. The quantitative estimate of drug-likeness (QED) is 0.462. The zero-order chi connectivity index (χ0) is 11.5. The van der Waals surface area contributed by atoms with Gasteiger partial charge in [-0.2, -0.15) is 0 Å². The topological polar surface area (TPSA) is 43.4 Å². The Balaban J connectivity index is 1.58. The van der Waals surface area contributed by atoms with E-state index in [1.807, 2.05) is 0 Å². The molecule has 6 aliphatic carbocycles. The summed E-state index contributed by atoms with van der Waals surface area (Å²) in [6.45, 7) is 4.84. The van der Waals surface area contributed by atoms with Crippen molar-refractivity contribution in [3.63, 3.8) is 0 Å². The molecule has 2 bridgehead atoms. The number of rotatable bonds is 0. The molecular weight excluding hydrogens is 216 g/mol. The highest BCUT2D eigenvalue weighted by molar-refractivity contribution is 5.98. The van der Waals surface area contributed by atoms with Crippen LogP contribution in [0.5, 0.6) is 0 Å². The van der Waals surface area contributed by atoms with E-state index in [1.165, 1.54) is 0 Å². The lowest BCUT2D eigenvalue weighted by Gasteiger charge is -3.03. The largest absolute Gasteiger partial charge is 0.393 e. The second-order valence-corrected chi connectivity index (χ2v) is 7.61. The Kier molecular flexibility index (Phi) is 0.830. The molecule has 17 heavy (non-hydrogen) atoms. The number of hydrogen-bond donors (Lipinski definition) is 0. The fraction of sp³-hybridized carbons (Fsp3) is 0.857. The standard InChI is InChI=1S/C14H14O3/c1-13-7-5-3-4(12(16)17-11(3)15)6-9(7)14(13,2)10(6)8(5)13/h3-10H,1-2H3/t3-,4+,5?,6?,7-,8-,9-,10+,13?,14?/m1/s1. The highest BCUT2D eigenvalue weighted by Gasteiger charge is 3.02. The van der Waals surface area contributed by atoms with Crippen LogP contribution in [0.15, 0.2) is 0 Å². The van der Waals surface area contributed by atoms with Gasteiger partial charge in [0, 0.05) is 0 Å². The smallest absolute Gasteiger partial charge is 0.317 e. The maximum Gasteiger partial charge on any atom is 0.317 e. The van der Waals surface area contributed by atoms with Crippen molar-refractivity contribution in [1.82, 2.24) is 0 Å². The highest BCUT2D eigenvalue weighted by Crippen LogP contribution is 3.03. The average Bonchev–Trinajstić information content (AvgIpc) is 2.62. The van der Waals surface area contributed by atoms with Gasteiger partial charge in [-0.3, -0.25) is 9.59 Å². The van der Waals surface area contributed by atoms with Crippen molar-refractivity contribution >= 4 is 11.9 Å². The molecule has 7 rings (SSSR count). The number of esters is 2. The van der Waals surface area contributed by atoms with Crippen molar-refractivity contribution in [3.8, 4) is 0 Å². The Morgan fingerprint density at radius 2 is 1.18 bits per heavy atom. The molecule has 0 aromatic rings. The van der Waals surface area contributed by atoms with E-state index in [-0.39, 0.29) is 23.8 Å². The van der Waals surface area contributed by atoms with Crippen LogP contribution < -0.4 is 0 Å². The molecule has 1 heterocycles. The molecule has 7 aliphatic rings. The van der Waals surface area contributed by atoms with Crippen molar-refractivity contribution in [1.29, 1.82) is 0 Å². The number of carbonyl (C=O) groups is 2. The fourth-order valence-corrected chi connectivity index (χ4v) is 8.16. The van der Waals surface area contributed by atoms with Crippen LogP contribution in [0.25, 0.3) is 0 Å². The predicted molar refractivity (Wildman–Crippen MR) is 55.2 cm³/mol. The summed E-state index contributed by atoms with van der Waals surface area (Å²) in [5.41, 5.74) is 1.06. The van der Waals surface area contributed by atoms with Crippen LogP contribution in [0, 0.1) is 58.2 Å². The lowest BCUT2D eigenvalue weighted by atomic mass is 9.00. The molecule has 88 valence electrons. The van der Waals surface area contributed by atoms with E-state index in [0.29, 0.717) is 22.7 Å². The first-order valence-electron chi connectivity index (χ1n) is 6.80. The number of ether oxygens (including phenoxy) is 1. The Morgan fingerprint density at radius 3 is 1.53 bits per heavy atom. The van der Waals surface area contributed by atoms with Gasteiger partial charge < -0.3 is 4.74 Å². The normalized spacial score (nSPS) is 79.2. The van der Waals surface area contributed by atoms with Gasteiger partial charge in [0.25, 0.3) is 0 Å².